The molecule has 1 atom stereocenters. The molecule has 0 saturated carbocycles. The van der Waals surface area contributed by atoms with Crippen LogP contribution in [0.3, 0.4) is 0 Å². The maximum Gasteiger partial charge on any atom is 0.240 e. The van der Waals surface area contributed by atoms with E-state index in [9.17, 15) is 13.2 Å². The first-order valence-corrected chi connectivity index (χ1v) is 7.06. The second-order valence-electron chi connectivity index (χ2n) is 3.67. The average Bonchev–Trinajstić information content (AvgIpc) is 2.62. The van der Waals surface area contributed by atoms with Crippen LogP contribution < -0.4 is 0 Å². The second-order valence-corrected chi connectivity index (χ2v) is 6.98. The van der Waals surface area contributed by atoms with Gasteiger partial charge >= 0.3 is 0 Å². The minimum absolute atomic E-state index is 0.00713. The molecule has 1 rings (SSSR count). The lowest BCUT2D eigenvalue weighted by molar-refractivity contribution is -0.127. The van der Waals surface area contributed by atoms with E-state index >= 15 is 0 Å². The minimum Gasteiger partial charge on any atom is -0.348 e. The van der Waals surface area contributed by atoms with E-state index in [-0.39, 0.29) is 4.34 Å². The van der Waals surface area contributed by atoms with Crippen molar-refractivity contribution in [3.8, 4) is 0 Å². The number of amides is 1. The average molecular weight is 262 g/mol. The lowest BCUT2D eigenvalue weighted by atomic mass is 10.4. The van der Waals surface area contributed by atoms with Crippen molar-refractivity contribution in [2.75, 3.05) is 14.1 Å². The summed E-state index contributed by atoms with van der Waals surface area (Å²) in [4.78, 5) is 16.8. The molecular formula is C9H14N2O3S2. The highest BCUT2D eigenvalue weighted by atomic mass is 32.2. The minimum atomic E-state index is -3.65. The summed E-state index contributed by atoms with van der Waals surface area (Å²) < 4.78 is 24.0. The lowest BCUT2D eigenvalue weighted by Crippen LogP contribution is -2.37. The zero-order valence-corrected chi connectivity index (χ0v) is 11.2. The fourth-order valence-corrected chi connectivity index (χ4v) is 3.80. The summed E-state index contributed by atoms with van der Waals surface area (Å²) in [5.41, 5.74) is 0.646. The van der Waals surface area contributed by atoms with Crippen LogP contribution in [0, 0.1) is 6.92 Å². The molecule has 0 saturated heterocycles. The van der Waals surface area contributed by atoms with Crippen molar-refractivity contribution in [2.45, 2.75) is 23.4 Å². The molecule has 0 N–H and O–H groups in total. The highest BCUT2D eigenvalue weighted by molar-refractivity contribution is 7.94. The van der Waals surface area contributed by atoms with Gasteiger partial charge in [-0.3, -0.25) is 4.79 Å². The second kappa shape index (κ2) is 4.50. The van der Waals surface area contributed by atoms with Gasteiger partial charge < -0.3 is 4.90 Å². The number of thiazole rings is 1. The van der Waals surface area contributed by atoms with Gasteiger partial charge in [-0.05, 0) is 13.8 Å². The molecule has 0 unspecified atom stereocenters. The molecule has 0 fully saturated rings. The third-order valence-corrected chi connectivity index (χ3v) is 5.54. The van der Waals surface area contributed by atoms with Gasteiger partial charge in [0.15, 0.2) is 0 Å². The number of hydrogen-bond acceptors (Lipinski definition) is 5. The molecule has 90 valence electrons. The molecule has 1 amide bonds. The summed E-state index contributed by atoms with van der Waals surface area (Å²) >= 11 is 1.04. The van der Waals surface area contributed by atoms with Gasteiger partial charge in [-0.25, -0.2) is 13.4 Å². The Morgan fingerprint density at radius 1 is 1.50 bits per heavy atom. The fourth-order valence-electron chi connectivity index (χ4n) is 1.11. The van der Waals surface area contributed by atoms with Crippen molar-refractivity contribution < 1.29 is 13.2 Å². The molecule has 0 aliphatic heterocycles. The van der Waals surface area contributed by atoms with Crippen LogP contribution >= 0.6 is 11.3 Å². The number of sulfone groups is 1. The molecule has 0 aliphatic carbocycles. The van der Waals surface area contributed by atoms with Gasteiger partial charge in [-0.2, -0.15) is 0 Å². The largest absolute Gasteiger partial charge is 0.348 e. The molecule has 0 radical (unpaired) electrons. The summed E-state index contributed by atoms with van der Waals surface area (Å²) in [5.74, 6) is -0.437. The fraction of sp³-hybridized carbons (Fsp3) is 0.556. The number of hydrogen-bond donors (Lipinski definition) is 0. The number of carbonyl (C=O) groups excluding carboxylic acids is 1. The summed E-state index contributed by atoms with van der Waals surface area (Å²) in [5, 5.41) is 0.563. The first-order valence-electron chi connectivity index (χ1n) is 4.64. The van der Waals surface area contributed by atoms with Crippen LogP contribution in [-0.2, 0) is 14.6 Å². The first kappa shape index (κ1) is 13.1. The Morgan fingerprint density at radius 3 is 2.44 bits per heavy atom. The summed E-state index contributed by atoms with van der Waals surface area (Å²) in [6, 6.07) is 0. The maximum absolute atomic E-state index is 12.0. The molecule has 0 aromatic carbocycles. The normalized spacial score (nSPS) is 13.5. The summed E-state index contributed by atoms with van der Waals surface area (Å²) in [7, 11) is -0.588. The third kappa shape index (κ3) is 2.41. The van der Waals surface area contributed by atoms with Crippen LogP contribution in [0.15, 0.2) is 9.72 Å². The molecule has 1 heterocycles. The number of aromatic nitrogens is 1. The molecule has 0 spiro atoms. The van der Waals surface area contributed by atoms with Crippen LogP contribution in [0.25, 0.3) is 0 Å². The van der Waals surface area contributed by atoms with Crippen molar-refractivity contribution in [2.24, 2.45) is 0 Å². The van der Waals surface area contributed by atoms with Crippen LogP contribution in [0.4, 0.5) is 0 Å². The van der Waals surface area contributed by atoms with Crippen LogP contribution in [0.5, 0.6) is 0 Å². The number of nitrogens with zero attached hydrogens (tertiary/aromatic N) is 2. The molecule has 16 heavy (non-hydrogen) atoms. The quantitative estimate of drug-likeness (QED) is 0.804. The summed E-state index contributed by atoms with van der Waals surface area (Å²) in [6.07, 6.45) is 0. The van der Waals surface area contributed by atoms with E-state index in [1.54, 1.807) is 12.3 Å². The Labute approximate surface area is 99.0 Å². The van der Waals surface area contributed by atoms with Crippen LogP contribution in [0.2, 0.25) is 0 Å². The van der Waals surface area contributed by atoms with E-state index in [2.05, 4.69) is 4.98 Å². The smallest absolute Gasteiger partial charge is 0.240 e. The van der Waals surface area contributed by atoms with Gasteiger partial charge in [0.25, 0.3) is 0 Å². The van der Waals surface area contributed by atoms with E-state index < -0.39 is 21.0 Å². The van der Waals surface area contributed by atoms with Gasteiger partial charge in [0.05, 0.1) is 0 Å². The number of rotatable bonds is 3. The van der Waals surface area contributed by atoms with E-state index in [1.165, 1.54) is 25.9 Å². The Balaban J connectivity index is 3.08. The Bertz CT molecular complexity index is 491. The van der Waals surface area contributed by atoms with Gasteiger partial charge in [0.1, 0.15) is 5.25 Å². The monoisotopic (exact) mass is 262 g/mol. The predicted octanol–water partition coefficient (Wildman–Crippen LogP) is 0.702. The van der Waals surface area contributed by atoms with Gasteiger partial charge in [-0.15, -0.1) is 11.3 Å². The van der Waals surface area contributed by atoms with Crippen LogP contribution in [-0.4, -0.2) is 43.6 Å². The van der Waals surface area contributed by atoms with Crippen molar-refractivity contribution in [3.63, 3.8) is 0 Å². The third-order valence-electron chi connectivity index (χ3n) is 2.10. The van der Waals surface area contributed by atoms with Gasteiger partial charge in [0.2, 0.25) is 20.1 Å². The summed E-state index contributed by atoms with van der Waals surface area (Å²) in [6.45, 7) is 3.10. The molecule has 7 heteroatoms. The van der Waals surface area contributed by atoms with E-state index in [4.69, 9.17) is 0 Å². The van der Waals surface area contributed by atoms with Gasteiger partial charge in [-0.1, -0.05) is 0 Å². The lowest BCUT2D eigenvalue weighted by Gasteiger charge is -2.15. The van der Waals surface area contributed by atoms with Crippen molar-refractivity contribution in [1.82, 2.24) is 9.88 Å². The maximum atomic E-state index is 12.0. The van der Waals surface area contributed by atoms with Crippen molar-refractivity contribution in [3.05, 3.63) is 11.1 Å². The van der Waals surface area contributed by atoms with E-state index in [1.807, 2.05) is 0 Å². The standard InChI is InChI=1S/C9H14N2O3S2/c1-6-5-15-9(10-6)16(13,14)7(2)8(12)11(3)4/h5,7H,1-4H3/t7-/m1/s1. The van der Waals surface area contributed by atoms with Crippen LogP contribution in [0.1, 0.15) is 12.6 Å². The van der Waals surface area contributed by atoms with Gasteiger partial charge in [0, 0.05) is 25.2 Å². The molecular weight excluding hydrogens is 248 g/mol. The molecule has 1 aromatic rings. The highest BCUT2D eigenvalue weighted by Crippen LogP contribution is 2.21. The SMILES string of the molecule is Cc1csc(S(=O)(=O)[C@H](C)C(=O)N(C)C)n1. The molecule has 1 aromatic heterocycles. The Kier molecular flexibility index (Phi) is 3.69. The van der Waals surface area contributed by atoms with E-state index in [0.29, 0.717) is 5.69 Å². The molecule has 5 nitrogen and oxygen atoms in total. The number of aryl methyl sites for hydroxylation is 1. The first-order chi connectivity index (χ1) is 7.26. The predicted molar refractivity (Wildman–Crippen MR) is 62.2 cm³/mol. The zero-order valence-electron chi connectivity index (χ0n) is 9.59. The molecule has 0 aliphatic rings. The highest BCUT2D eigenvalue weighted by Gasteiger charge is 2.32. The van der Waals surface area contributed by atoms with Crippen molar-refractivity contribution >= 4 is 27.1 Å². The Hall–Kier alpha value is -0.950. The topological polar surface area (TPSA) is 67.3 Å². The Morgan fingerprint density at radius 2 is 2.06 bits per heavy atom. The number of carbonyl (C=O) groups is 1. The van der Waals surface area contributed by atoms with E-state index in [0.717, 1.165) is 11.3 Å². The zero-order chi connectivity index (χ0) is 12.5. The van der Waals surface area contributed by atoms with Crippen molar-refractivity contribution in [1.29, 1.82) is 0 Å². The molecule has 0 bridgehead atoms.